The number of rotatable bonds is 3. The average Bonchev–Trinajstić information content (AvgIpc) is 2.68. The minimum atomic E-state index is 0.677. The van der Waals surface area contributed by atoms with Gasteiger partial charge in [0.15, 0.2) is 5.82 Å². The first-order valence-electron chi connectivity index (χ1n) is 4.36. The van der Waals surface area contributed by atoms with Gasteiger partial charge in [-0.1, -0.05) is 6.07 Å². The van der Waals surface area contributed by atoms with Crippen molar-refractivity contribution in [3.8, 4) is 5.82 Å². The second-order valence-electron chi connectivity index (χ2n) is 2.81. The largest absolute Gasteiger partial charge is 0.313 e. The highest BCUT2D eigenvalue weighted by Gasteiger charge is 2.04. The quantitative estimate of drug-likeness (QED) is 0.758. The van der Waals surface area contributed by atoms with Gasteiger partial charge in [-0.15, -0.1) is 0 Å². The number of aromatic nitrogens is 4. The zero-order valence-electron chi connectivity index (χ0n) is 7.88. The Morgan fingerprint density at radius 3 is 3.00 bits per heavy atom. The van der Waals surface area contributed by atoms with Crippen LogP contribution in [0.15, 0.2) is 30.7 Å². The van der Waals surface area contributed by atoms with E-state index in [2.05, 4.69) is 20.4 Å². The van der Waals surface area contributed by atoms with Crippen molar-refractivity contribution in [2.75, 3.05) is 7.05 Å². The fourth-order valence-electron chi connectivity index (χ4n) is 1.21. The van der Waals surface area contributed by atoms with Gasteiger partial charge in [-0.25, -0.2) is 9.97 Å². The Hall–Kier alpha value is -1.75. The molecule has 0 atom stereocenters. The Morgan fingerprint density at radius 1 is 1.36 bits per heavy atom. The van der Waals surface area contributed by atoms with Crippen molar-refractivity contribution in [3.05, 3.63) is 36.5 Å². The van der Waals surface area contributed by atoms with Gasteiger partial charge in [0.2, 0.25) is 0 Å². The zero-order chi connectivity index (χ0) is 9.80. The number of pyridine rings is 1. The summed E-state index contributed by atoms with van der Waals surface area (Å²) in [5.41, 5.74) is 0. The van der Waals surface area contributed by atoms with Crippen LogP contribution in [0.1, 0.15) is 5.82 Å². The minimum Gasteiger partial charge on any atom is -0.313 e. The summed E-state index contributed by atoms with van der Waals surface area (Å²) in [6, 6.07) is 5.69. The third-order valence-corrected chi connectivity index (χ3v) is 1.82. The third-order valence-electron chi connectivity index (χ3n) is 1.82. The zero-order valence-corrected chi connectivity index (χ0v) is 7.88. The SMILES string of the molecule is CNCc1ncnn1-c1ccccn1. The first kappa shape index (κ1) is 8.83. The fraction of sp³-hybridized carbons (Fsp3) is 0.222. The van der Waals surface area contributed by atoms with Crippen molar-refractivity contribution in [3.63, 3.8) is 0 Å². The molecule has 0 radical (unpaired) electrons. The standard InChI is InChI=1S/C9H11N5/c1-10-6-9-12-7-13-14(9)8-4-2-3-5-11-8/h2-5,7,10H,6H2,1H3. The van der Waals surface area contributed by atoms with Crippen LogP contribution in [-0.2, 0) is 6.54 Å². The molecule has 0 saturated carbocycles. The third kappa shape index (κ3) is 1.62. The molecule has 0 fully saturated rings. The molecule has 5 heteroatoms. The molecule has 2 aromatic heterocycles. The lowest BCUT2D eigenvalue weighted by Gasteiger charge is -2.03. The number of nitrogens with zero attached hydrogens (tertiary/aromatic N) is 4. The van der Waals surface area contributed by atoms with Crippen molar-refractivity contribution in [2.24, 2.45) is 0 Å². The molecule has 0 spiro atoms. The molecule has 0 aliphatic rings. The van der Waals surface area contributed by atoms with Gasteiger partial charge >= 0.3 is 0 Å². The topological polar surface area (TPSA) is 55.6 Å². The second kappa shape index (κ2) is 3.97. The summed E-state index contributed by atoms with van der Waals surface area (Å²) in [5, 5.41) is 7.14. The molecule has 0 aliphatic heterocycles. The van der Waals surface area contributed by atoms with E-state index in [0.717, 1.165) is 11.6 Å². The summed E-state index contributed by atoms with van der Waals surface area (Å²) in [6.45, 7) is 0.677. The fourth-order valence-corrected chi connectivity index (χ4v) is 1.21. The van der Waals surface area contributed by atoms with Crippen molar-refractivity contribution >= 4 is 0 Å². The van der Waals surface area contributed by atoms with Crippen LogP contribution in [0.2, 0.25) is 0 Å². The Labute approximate surface area is 81.8 Å². The van der Waals surface area contributed by atoms with Crippen LogP contribution in [0.25, 0.3) is 5.82 Å². The van der Waals surface area contributed by atoms with E-state index in [1.165, 1.54) is 6.33 Å². The Morgan fingerprint density at radius 2 is 2.29 bits per heavy atom. The molecule has 2 heterocycles. The van der Waals surface area contributed by atoms with E-state index in [0.29, 0.717) is 6.54 Å². The molecule has 72 valence electrons. The minimum absolute atomic E-state index is 0.677. The number of nitrogens with one attached hydrogen (secondary N) is 1. The van der Waals surface area contributed by atoms with Gasteiger partial charge < -0.3 is 5.32 Å². The smallest absolute Gasteiger partial charge is 0.155 e. The molecular weight excluding hydrogens is 178 g/mol. The molecule has 0 aromatic carbocycles. The molecule has 0 saturated heterocycles. The molecular formula is C9H11N5. The lowest BCUT2D eigenvalue weighted by molar-refractivity contribution is 0.702. The molecule has 14 heavy (non-hydrogen) atoms. The summed E-state index contributed by atoms with van der Waals surface area (Å²) < 4.78 is 1.72. The van der Waals surface area contributed by atoms with Gasteiger partial charge in [0.1, 0.15) is 12.2 Å². The van der Waals surface area contributed by atoms with E-state index < -0.39 is 0 Å². The van der Waals surface area contributed by atoms with Crippen LogP contribution in [0.3, 0.4) is 0 Å². The van der Waals surface area contributed by atoms with E-state index >= 15 is 0 Å². The van der Waals surface area contributed by atoms with Crippen LogP contribution in [0.4, 0.5) is 0 Å². The van der Waals surface area contributed by atoms with Crippen LogP contribution in [0.5, 0.6) is 0 Å². The van der Waals surface area contributed by atoms with Crippen LogP contribution < -0.4 is 5.32 Å². The van der Waals surface area contributed by atoms with Gasteiger partial charge in [-0.2, -0.15) is 9.78 Å². The molecule has 2 aromatic rings. The first-order valence-corrected chi connectivity index (χ1v) is 4.36. The van der Waals surface area contributed by atoms with E-state index in [1.807, 2.05) is 25.2 Å². The van der Waals surface area contributed by atoms with Crippen molar-refractivity contribution < 1.29 is 0 Å². The van der Waals surface area contributed by atoms with Crippen LogP contribution in [-0.4, -0.2) is 26.8 Å². The number of hydrogen-bond donors (Lipinski definition) is 1. The van der Waals surface area contributed by atoms with E-state index in [1.54, 1.807) is 10.9 Å². The Kier molecular flexibility index (Phi) is 2.51. The summed E-state index contributed by atoms with van der Waals surface area (Å²) in [6.07, 6.45) is 3.27. The maximum absolute atomic E-state index is 4.20. The van der Waals surface area contributed by atoms with Crippen molar-refractivity contribution in [2.45, 2.75) is 6.54 Å². The van der Waals surface area contributed by atoms with Crippen molar-refractivity contribution in [1.29, 1.82) is 0 Å². The highest BCUT2D eigenvalue weighted by atomic mass is 15.4. The normalized spacial score (nSPS) is 10.4. The summed E-state index contributed by atoms with van der Waals surface area (Å²) in [5.74, 6) is 1.64. The molecule has 0 bridgehead atoms. The highest BCUT2D eigenvalue weighted by molar-refractivity contribution is 5.20. The summed E-state index contributed by atoms with van der Waals surface area (Å²) >= 11 is 0. The van der Waals surface area contributed by atoms with Gasteiger partial charge in [0.05, 0.1) is 6.54 Å². The van der Waals surface area contributed by atoms with E-state index in [-0.39, 0.29) is 0 Å². The summed E-state index contributed by atoms with van der Waals surface area (Å²) in [4.78, 5) is 8.33. The van der Waals surface area contributed by atoms with Gasteiger partial charge in [0.25, 0.3) is 0 Å². The van der Waals surface area contributed by atoms with E-state index in [4.69, 9.17) is 0 Å². The predicted octanol–water partition coefficient (Wildman–Crippen LogP) is 0.382. The Bertz CT molecular complexity index is 395. The molecule has 2 rings (SSSR count). The lowest BCUT2D eigenvalue weighted by atomic mass is 10.4. The number of hydrogen-bond acceptors (Lipinski definition) is 4. The Balaban J connectivity index is 2.37. The monoisotopic (exact) mass is 189 g/mol. The lowest BCUT2D eigenvalue weighted by Crippen LogP contribution is -2.12. The molecule has 0 aliphatic carbocycles. The molecule has 1 N–H and O–H groups in total. The van der Waals surface area contributed by atoms with Gasteiger partial charge in [-0.05, 0) is 19.2 Å². The van der Waals surface area contributed by atoms with Crippen LogP contribution >= 0.6 is 0 Å². The predicted molar refractivity (Wildman–Crippen MR) is 51.9 cm³/mol. The van der Waals surface area contributed by atoms with E-state index in [9.17, 15) is 0 Å². The molecule has 5 nitrogen and oxygen atoms in total. The van der Waals surface area contributed by atoms with Gasteiger partial charge in [0, 0.05) is 6.20 Å². The molecule has 0 unspecified atom stereocenters. The molecule has 0 amide bonds. The maximum atomic E-state index is 4.20. The first-order chi connectivity index (χ1) is 6.92. The summed E-state index contributed by atoms with van der Waals surface area (Å²) in [7, 11) is 1.87. The second-order valence-corrected chi connectivity index (χ2v) is 2.81. The highest BCUT2D eigenvalue weighted by Crippen LogP contribution is 2.03. The van der Waals surface area contributed by atoms with Gasteiger partial charge in [-0.3, -0.25) is 0 Å². The maximum Gasteiger partial charge on any atom is 0.155 e. The van der Waals surface area contributed by atoms with Crippen molar-refractivity contribution in [1.82, 2.24) is 25.1 Å². The van der Waals surface area contributed by atoms with Crippen LogP contribution in [0, 0.1) is 0 Å². The average molecular weight is 189 g/mol.